The van der Waals surface area contributed by atoms with E-state index in [0.717, 1.165) is 19.3 Å². The largest absolute Gasteiger partial charge is 0.484 e. The SMILES string of the molecule is CCCCCO[C@H]1C[C@H]2[C@](C)(COC(C)=O)[C@@H](OC(C)=O)CC[C@]2(C)[C@H]2[C@@H](O)c3c(cc(-c4cccnc4)oc3=O)O[C@]12C. The summed E-state index contributed by atoms with van der Waals surface area (Å²) < 4.78 is 30.7. The fourth-order valence-corrected chi connectivity index (χ4v) is 8.48. The fraction of sp³-hybridized carbons (Fsp3) is 0.647. The zero-order valence-corrected chi connectivity index (χ0v) is 26.6. The highest BCUT2D eigenvalue weighted by molar-refractivity contribution is 5.67. The normalized spacial score (nSPS) is 34.1. The summed E-state index contributed by atoms with van der Waals surface area (Å²) in [5.74, 6) is -1.07. The van der Waals surface area contributed by atoms with Crippen LogP contribution >= 0.6 is 0 Å². The van der Waals surface area contributed by atoms with Crippen molar-refractivity contribution in [2.75, 3.05) is 13.2 Å². The second-order valence-electron chi connectivity index (χ2n) is 13.4. The number of carbonyl (C=O) groups is 2. The van der Waals surface area contributed by atoms with Crippen molar-refractivity contribution in [1.29, 1.82) is 0 Å². The van der Waals surface area contributed by atoms with Crippen LogP contribution in [0.5, 0.6) is 5.75 Å². The van der Waals surface area contributed by atoms with E-state index in [-0.39, 0.29) is 23.8 Å². The third-order valence-electron chi connectivity index (χ3n) is 10.5. The van der Waals surface area contributed by atoms with E-state index in [0.29, 0.717) is 37.2 Å². The van der Waals surface area contributed by atoms with Crippen LogP contribution in [0.1, 0.15) is 91.7 Å². The Balaban J connectivity index is 1.63. The molecule has 0 saturated heterocycles. The van der Waals surface area contributed by atoms with Crippen LogP contribution in [0.25, 0.3) is 11.3 Å². The second kappa shape index (κ2) is 12.3. The van der Waals surface area contributed by atoms with Gasteiger partial charge in [0, 0.05) is 55.8 Å². The second-order valence-corrected chi connectivity index (χ2v) is 13.4. The molecule has 2 aromatic rings. The summed E-state index contributed by atoms with van der Waals surface area (Å²) in [6, 6.07) is 5.20. The summed E-state index contributed by atoms with van der Waals surface area (Å²) in [6.07, 6.45) is 5.53. The van der Waals surface area contributed by atoms with Gasteiger partial charge in [0.25, 0.3) is 0 Å². The number of aliphatic hydroxyl groups is 1. The van der Waals surface area contributed by atoms with Gasteiger partial charge in [0.05, 0.1) is 12.2 Å². The van der Waals surface area contributed by atoms with E-state index in [1.807, 2.05) is 13.8 Å². The summed E-state index contributed by atoms with van der Waals surface area (Å²) in [4.78, 5) is 41.9. The Morgan fingerprint density at radius 2 is 1.91 bits per heavy atom. The van der Waals surface area contributed by atoms with Gasteiger partial charge >= 0.3 is 17.6 Å². The molecule has 0 unspecified atom stereocenters. The lowest BCUT2D eigenvalue weighted by molar-refractivity contribution is -0.274. The summed E-state index contributed by atoms with van der Waals surface area (Å²) in [6.45, 7) is 11.5. The predicted octanol–water partition coefficient (Wildman–Crippen LogP) is 5.40. The van der Waals surface area contributed by atoms with Crippen molar-refractivity contribution in [3.63, 3.8) is 0 Å². The zero-order chi connectivity index (χ0) is 31.9. The van der Waals surface area contributed by atoms with Crippen molar-refractivity contribution in [2.24, 2.45) is 22.7 Å². The monoisotopic (exact) mass is 611 g/mol. The zero-order valence-electron chi connectivity index (χ0n) is 26.6. The van der Waals surface area contributed by atoms with Gasteiger partial charge in [-0.2, -0.15) is 0 Å². The van der Waals surface area contributed by atoms with E-state index in [1.165, 1.54) is 13.8 Å². The van der Waals surface area contributed by atoms with E-state index >= 15 is 0 Å². The van der Waals surface area contributed by atoms with Crippen LogP contribution in [0.15, 0.2) is 39.8 Å². The minimum absolute atomic E-state index is 0.0384. The van der Waals surface area contributed by atoms with Crippen molar-refractivity contribution in [3.8, 4) is 17.1 Å². The molecule has 1 aliphatic heterocycles. The quantitative estimate of drug-likeness (QED) is 0.290. The number of ether oxygens (including phenoxy) is 4. The fourth-order valence-electron chi connectivity index (χ4n) is 8.48. The van der Waals surface area contributed by atoms with Gasteiger partial charge in [-0.3, -0.25) is 14.6 Å². The maximum atomic E-state index is 13.5. The predicted molar refractivity (Wildman–Crippen MR) is 161 cm³/mol. The smallest absolute Gasteiger partial charge is 0.345 e. The Morgan fingerprint density at radius 3 is 2.57 bits per heavy atom. The van der Waals surface area contributed by atoms with Gasteiger partial charge in [0.15, 0.2) is 0 Å². The number of carbonyl (C=O) groups excluding carboxylic acids is 2. The van der Waals surface area contributed by atoms with Crippen LogP contribution in [-0.2, 0) is 23.8 Å². The van der Waals surface area contributed by atoms with E-state index in [1.54, 1.807) is 30.6 Å². The summed E-state index contributed by atoms with van der Waals surface area (Å²) in [5, 5.41) is 12.2. The molecular weight excluding hydrogens is 566 g/mol. The molecule has 2 aliphatic carbocycles. The summed E-state index contributed by atoms with van der Waals surface area (Å²) in [7, 11) is 0. The number of aliphatic hydroxyl groups excluding tert-OH is 1. The summed E-state index contributed by atoms with van der Waals surface area (Å²) in [5.41, 5.74) is -2.39. The highest BCUT2D eigenvalue weighted by Gasteiger charge is 2.70. The lowest BCUT2D eigenvalue weighted by Crippen LogP contribution is -2.71. The minimum atomic E-state index is -1.22. The van der Waals surface area contributed by atoms with Gasteiger partial charge in [-0.1, -0.05) is 33.6 Å². The molecular formula is C34H45NO9. The van der Waals surface area contributed by atoms with Gasteiger partial charge in [-0.15, -0.1) is 0 Å². The molecule has 240 valence electrons. The summed E-state index contributed by atoms with van der Waals surface area (Å²) >= 11 is 0. The molecule has 1 N–H and O–H groups in total. The molecule has 3 heterocycles. The first-order chi connectivity index (χ1) is 20.8. The van der Waals surface area contributed by atoms with Gasteiger partial charge in [0.2, 0.25) is 0 Å². The van der Waals surface area contributed by atoms with Crippen LogP contribution in [-0.4, -0.2) is 53.1 Å². The van der Waals surface area contributed by atoms with Crippen LogP contribution < -0.4 is 10.4 Å². The van der Waals surface area contributed by atoms with Crippen LogP contribution in [0, 0.1) is 22.7 Å². The number of pyridine rings is 1. The lowest BCUT2D eigenvalue weighted by atomic mass is 9.42. The molecule has 0 amide bonds. The Labute approximate surface area is 258 Å². The van der Waals surface area contributed by atoms with Crippen LogP contribution in [0.4, 0.5) is 0 Å². The third-order valence-corrected chi connectivity index (χ3v) is 10.5. The van der Waals surface area contributed by atoms with E-state index < -0.39 is 58.2 Å². The number of nitrogens with zero attached hydrogens (tertiary/aromatic N) is 1. The topological polar surface area (TPSA) is 134 Å². The highest BCUT2D eigenvalue weighted by Crippen LogP contribution is 2.67. The molecule has 8 atom stereocenters. The van der Waals surface area contributed by atoms with Crippen molar-refractivity contribution in [3.05, 3.63) is 46.6 Å². The molecule has 0 spiro atoms. The lowest BCUT2D eigenvalue weighted by Gasteiger charge is -2.66. The number of esters is 2. The maximum absolute atomic E-state index is 13.5. The van der Waals surface area contributed by atoms with Crippen molar-refractivity contribution >= 4 is 11.9 Å². The molecule has 2 aromatic heterocycles. The number of hydrogen-bond donors (Lipinski definition) is 1. The molecule has 10 nitrogen and oxygen atoms in total. The standard InChI is InChI=1S/C34H45NO9/c1-7-8-9-15-40-27-17-25-32(4,13-12-26(42-21(3)37)33(25,5)19-41-20(2)36)30-29(38)28-24(44-34(27,30)6)16-23(43-31(28)39)22-11-10-14-35-18-22/h10-11,14,16,18,25-27,29-30,38H,7-9,12-13,15,17,19H2,1-6H3/t25-,26+,27+,29+,30-,32+,33+,34-/m1/s1. The average molecular weight is 612 g/mol. The number of rotatable bonds is 9. The van der Waals surface area contributed by atoms with Crippen molar-refractivity contribution < 1.29 is 38.1 Å². The molecule has 0 aromatic carbocycles. The Morgan fingerprint density at radius 1 is 1.14 bits per heavy atom. The Bertz CT molecular complexity index is 1430. The maximum Gasteiger partial charge on any atom is 0.345 e. The number of unbranched alkanes of at least 4 members (excludes halogenated alkanes) is 2. The first-order valence-corrected chi connectivity index (χ1v) is 15.7. The first-order valence-electron chi connectivity index (χ1n) is 15.7. The van der Waals surface area contributed by atoms with Gasteiger partial charge in [-0.25, -0.2) is 4.79 Å². The molecule has 2 saturated carbocycles. The van der Waals surface area contributed by atoms with E-state index in [4.69, 9.17) is 23.4 Å². The van der Waals surface area contributed by atoms with E-state index in [9.17, 15) is 19.5 Å². The van der Waals surface area contributed by atoms with Crippen LogP contribution in [0.2, 0.25) is 0 Å². The highest BCUT2D eigenvalue weighted by atomic mass is 16.6. The third kappa shape index (κ3) is 5.55. The van der Waals surface area contributed by atoms with Gasteiger partial charge < -0.3 is 28.5 Å². The molecule has 10 heteroatoms. The van der Waals surface area contributed by atoms with Crippen molar-refractivity contribution in [2.45, 2.75) is 104 Å². The molecule has 0 radical (unpaired) electrons. The van der Waals surface area contributed by atoms with E-state index in [2.05, 4.69) is 18.8 Å². The Kier molecular flexibility index (Phi) is 8.97. The number of fused-ring (bicyclic) bond motifs is 4. The molecule has 44 heavy (non-hydrogen) atoms. The molecule has 3 aliphatic rings. The average Bonchev–Trinajstić information content (AvgIpc) is 2.96. The number of hydrogen-bond acceptors (Lipinski definition) is 10. The Hall–Kier alpha value is -3.24. The first kappa shape index (κ1) is 32.2. The van der Waals surface area contributed by atoms with Crippen LogP contribution in [0.3, 0.4) is 0 Å². The molecule has 5 rings (SSSR count). The molecule has 0 bridgehead atoms. The van der Waals surface area contributed by atoms with Crippen molar-refractivity contribution in [1.82, 2.24) is 4.98 Å². The van der Waals surface area contributed by atoms with Gasteiger partial charge in [-0.05, 0) is 56.1 Å². The number of aromatic nitrogens is 1. The minimum Gasteiger partial charge on any atom is -0.484 e. The molecule has 2 fully saturated rings. The van der Waals surface area contributed by atoms with Gasteiger partial charge in [0.1, 0.15) is 35.4 Å².